The molecule has 1 aliphatic heterocycles. The van der Waals surface area contributed by atoms with Crippen LogP contribution in [0.1, 0.15) is 24.6 Å². The van der Waals surface area contributed by atoms with Crippen molar-refractivity contribution in [2.45, 2.75) is 37.9 Å². The smallest absolute Gasteiger partial charge is 0.394 e. The van der Waals surface area contributed by atoms with E-state index < -0.39 is 51.8 Å². The van der Waals surface area contributed by atoms with Crippen LogP contribution >= 0.6 is 7.82 Å². The lowest BCUT2D eigenvalue weighted by Gasteiger charge is -2.14. The summed E-state index contributed by atoms with van der Waals surface area (Å²) in [4.78, 5) is 40.5. The number of phosphoric ester groups is 1. The second-order valence-corrected chi connectivity index (χ2v) is 9.05. The number of alkyl halides is 3. The summed E-state index contributed by atoms with van der Waals surface area (Å²) in [6, 6.07) is 0. The molecule has 1 aliphatic rings. The van der Waals surface area contributed by atoms with Crippen molar-refractivity contribution in [1.82, 2.24) is 25.2 Å². The van der Waals surface area contributed by atoms with Gasteiger partial charge in [0.2, 0.25) is 5.91 Å². The van der Waals surface area contributed by atoms with Crippen LogP contribution in [0.2, 0.25) is 0 Å². The van der Waals surface area contributed by atoms with Crippen molar-refractivity contribution < 1.29 is 51.1 Å². The molecule has 0 spiro atoms. The van der Waals surface area contributed by atoms with Crippen molar-refractivity contribution >= 4 is 36.5 Å². The summed E-state index contributed by atoms with van der Waals surface area (Å²) in [5.41, 5.74) is 6.97. The molecule has 3 unspecified atom stereocenters. The van der Waals surface area contributed by atoms with Crippen molar-refractivity contribution in [3.05, 3.63) is 18.1 Å². The fourth-order valence-corrected chi connectivity index (χ4v) is 4.09. The monoisotopic (exact) mass is 540 g/mol. The van der Waals surface area contributed by atoms with E-state index in [1.54, 1.807) is 10.8 Å². The number of halogens is 3. The maximum Gasteiger partial charge on any atom is 0.472 e. The molecule has 3 atom stereocenters. The third kappa shape index (κ3) is 7.11. The van der Waals surface area contributed by atoms with Gasteiger partial charge in [-0.1, -0.05) is 0 Å². The molecule has 3 rings (SSSR count). The summed E-state index contributed by atoms with van der Waals surface area (Å²) in [6.45, 7) is -2.60. The van der Waals surface area contributed by atoms with Crippen LogP contribution in [0.25, 0.3) is 11.0 Å². The number of carbonyl (C=O) groups excluding carboxylic acids is 2. The Morgan fingerprint density at radius 2 is 2.03 bits per heavy atom. The number of anilines is 1. The summed E-state index contributed by atoms with van der Waals surface area (Å²) < 4.78 is 64.4. The van der Waals surface area contributed by atoms with Gasteiger partial charge in [0.15, 0.2) is 0 Å². The van der Waals surface area contributed by atoms with Gasteiger partial charge < -0.3 is 35.7 Å². The number of fused-ring (bicyclic) bond motifs is 1. The van der Waals surface area contributed by atoms with Crippen molar-refractivity contribution in [3.8, 4) is 0 Å². The number of hydrogen-bond donors (Lipinski definition) is 5. The van der Waals surface area contributed by atoms with E-state index in [0.29, 0.717) is 29.4 Å². The van der Waals surface area contributed by atoms with E-state index in [0.717, 1.165) is 0 Å². The lowest BCUT2D eigenvalue weighted by atomic mass is 10.2. The van der Waals surface area contributed by atoms with Crippen molar-refractivity contribution in [3.63, 3.8) is 0 Å². The van der Waals surface area contributed by atoms with Crippen LogP contribution in [0.4, 0.5) is 19.0 Å². The Balaban J connectivity index is 1.53. The van der Waals surface area contributed by atoms with Gasteiger partial charge in [-0.15, -0.1) is 0 Å². The number of nitrogens with one attached hydrogen (secondary N) is 2. The van der Waals surface area contributed by atoms with Gasteiger partial charge in [0.25, 0.3) is 0 Å². The van der Waals surface area contributed by atoms with E-state index in [-0.39, 0.29) is 25.1 Å². The molecule has 0 aromatic carbocycles. The highest BCUT2D eigenvalue weighted by molar-refractivity contribution is 7.47. The molecule has 200 valence electrons. The largest absolute Gasteiger partial charge is 0.472 e. The topological polar surface area (TPSA) is 200 Å². The first kappa shape index (κ1) is 27.8. The Morgan fingerprint density at radius 3 is 2.69 bits per heavy atom. The Kier molecular flexibility index (Phi) is 8.86. The number of phosphoric acid groups is 1. The molecule has 2 aromatic heterocycles. The minimum atomic E-state index is -5.10. The third-order valence-corrected chi connectivity index (χ3v) is 6.01. The van der Waals surface area contributed by atoms with E-state index in [1.807, 2.05) is 0 Å². The molecule has 2 amide bonds. The van der Waals surface area contributed by atoms with E-state index in [4.69, 9.17) is 10.5 Å². The summed E-state index contributed by atoms with van der Waals surface area (Å²) >= 11 is 0. The van der Waals surface area contributed by atoms with Crippen molar-refractivity contribution in [2.75, 3.05) is 32.1 Å². The molecule has 2 aromatic rings. The summed E-state index contributed by atoms with van der Waals surface area (Å²) in [6.07, 6.45) is -1.64. The van der Waals surface area contributed by atoms with Crippen LogP contribution < -0.4 is 16.4 Å². The fraction of sp³-hybridized carbons (Fsp3) is 0.556. The maximum atomic E-state index is 12.1. The van der Waals surface area contributed by atoms with Crippen molar-refractivity contribution in [2.24, 2.45) is 0 Å². The molecule has 0 saturated carbocycles. The predicted molar refractivity (Wildman–Crippen MR) is 115 cm³/mol. The first-order valence-electron chi connectivity index (χ1n) is 10.5. The van der Waals surface area contributed by atoms with E-state index >= 15 is 0 Å². The van der Waals surface area contributed by atoms with Gasteiger partial charge in [0.05, 0.1) is 24.7 Å². The molecule has 3 heterocycles. The van der Waals surface area contributed by atoms with Crippen LogP contribution in [-0.2, 0) is 34.5 Å². The summed E-state index contributed by atoms with van der Waals surface area (Å²) in [7, 11) is -4.78. The number of rotatable bonds is 11. The summed E-state index contributed by atoms with van der Waals surface area (Å²) in [5, 5.41) is 13.7. The number of nitrogens with zero attached hydrogens (tertiary/aromatic N) is 3. The summed E-state index contributed by atoms with van der Waals surface area (Å²) in [5.74, 6) is -2.90. The number of amides is 2. The Hall–Kier alpha value is -2.82. The van der Waals surface area contributed by atoms with Gasteiger partial charge in [0.1, 0.15) is 30.6 Å². The van der Waals surface area contributed by atoms with Crippen LogP contribution in [0.5, 0.6) is 0 Å². The second-order valence-electron chi connectivity index (χ2n) is 7.60. The number of nitrogen functional groups attached to an aromatic ring is 1. The van der Waals surface area contributed by atoms with E-state index in [9.17, 15) is 37.3 Å². The zero-order valence-corrected chi connectivity index (χ0v) is 19.5. The van der Waals surface area contributed by atoms with Gasteiger partial charge in [0, 0.05) is 24.8 Å². The number of carbonyl (C=O) groups is 2. The zero-order valence-electron chi connectivity index (χ0n) is 18.6. The minimum absolute atomic E-state index is 0.0839. The predicted octanol–water partition coefficient (Wildman–Crippen LogP) is 0.112. The number of aliphatic hydroxyl groups is 1. The number of nitrogens with two attached hydrogens (primary N) is 1. The highest BCUT2D eigenvalue weighted by Crippen LogP contribution is 2.42. The lowest BCUT2D eigenvalue weighted by molar-refractivity contribution is -0.173. The van der Waals surface area contributed by atoms with E-state index in [2.05, 4.69) is 24.3 Å². The molecular weight excluding hydrogens is 516 g/mol. The molecule has 0 bridgehead atoms. The van der Waals surface area contributed by atoms with Crippen LogP contribution in [0.3, 0.4) is 0 Å². The molecule has 0 radical (unpaired) electrons. The molecular formula is C18H24F3N6O8P. The van der Waals surface area contributed by atoms with Gasteiger partial charge in [-0.3, -0.25) is 18.6 Å². The van der Waals surface area contributed by atoms with Crippen molar-refractivity contribution in [1.29, 1.82) is 0 Å². The third-order valence-electron chi connectivity index (χ3n) is 5.05. The highest BCUT2D eigenvalue weighted by Gasteiger charge is 2.38. The molecule has 36 heavy (non-hydrogen) atoms. The quantitative estimate of drug-likeness (QED) is 0.191. The lowest BCUT2D eigenvalue weighted by Crippen LogP contribution is -2.38. The molecule has 18 heteroatoms. The normalized spacial score (nSPS) is 19.8. The molecule has 14 nitrogen and oxygen atoms in total. The number of aliphatic hydroxyl groups excluding tert-OH is 1. The van der Waals surface area contributed by atoms with Gasteiger partial charge in [-0.2, -0.15) is 13.2 Å². The molecule has 1 saturated heterocycles. The van der Waals surface area contributed by atoms with Crippen LogP contribution in [-0.4, -0.2) is 75.0 Å². The zero-order chi connectivity index (χ0) is 26.5. The Morgan fingerprint density at radius 1 is 1.28 bits per heavy atom. The average Bonchev–Trinajstić information content (AvgIpc) is 3.43. The van der Waals surface area contributed by atoms with Gasteiger partial charge in [-0.25, -0.2) is 14.5 Å². The van der Waals surface area contributed by atoms with Crippen LogP contribution in [0.15, 0.2) is 12.5 Å². The fourth-order valence-electron chi connectivity index (χ4n) is 3.41. The van der Waals surface area contributed by atoms with Crippen LogP contribution in [0, 0.1) is 0 Å². The van der Waals surface area contributed by atoms with Gasteiger partial charge in [-0.05, 0) is 12.8 Å². The SMILES string of the molecule is Nc1ncnc2c1c(CNC(=O)COP(=O)(O)OCCNC(=O)C(F)(F)F)cn2C1CCC(CO)O1. The maximum absolute atomic E-state index is 12.1. The minimum Gasteiger partial charge on any atom is -0.394 e. The average molecular weight is 540 g/mol. The Bertz CT molecular complexity index is 1150. The first-order chi connectivity index (χ1) is 16.9. The number of hydrogen-bond acceptors (Lipinski definition) is 10. The number of ether oxygens (including phenoxy) is 1. The Labute approximate surface area is 201 Å². The molecule has 1 fully saturated rings. The second kappa shape index (κ2) is 11.5. The van der Waals surface area contributed by atoms with E-state index in [1.165, 1.54) is 11.6 Å². The molecule has 0 aliphatic carbocycles. The highest BCUT2D eigenvalue weighted by atomic mass is 31.2. The molecule has 6 N–H and O–H groups in total. The van der Waals surface area contributed by atoms with Gasteiger partial charge >= 0.3 is 19.9 Å². The number of aromatic nitrogens is 3. The first-order valence-corrected chi connectivity index (χ1v) is 12.0. The standard InChI is InChI=1S/C18H24F3N6O8P/c19-18(20,21)17(30)23-3-4-33-36(31,32)34-8-12(29)24-5-10-6-27(13-2-1-11(7-28)35-13)16-14(10)15(22)25-9-26-16/h6,9,11,13,28H,1-5,7-8H2,(H,23,30)(H,24,29)(H,31,32)(H2,22,25,26).